The Labute approximate surface area is 136 Å². The highest BCUT2D eigenvalue weighted by Gasteiger charge is 2.16. The van der Waals surface area contributed by atoms with Crippen LogP contribution < -0.4 is 5.32 Å². The lowest BCUT2D eigenvalue weighted by Gasteiger charge is -2.19. The van der Waals surface area contributed by atoms with Crippen LogP contribution in [0.2, 0.25) is 0 Å². The van der Waals surface area contributed by atoms with Crippen molar-refractivity contribution in [2.45, 2.75) is 26.3 Å². The van der Waals surface area contributed by atoms with Crippen LogP contribution in [0.1, 0.15) is 29.8 Å². The Bertz CT molecular complexity index is 827. The molecular weight excluding hydrogens is 284 g/mol. The average molecular weight is 304 g/mol. The summed E-state index contributed by atoms with van der Waals surface area (Å²) in [6.07, 6.45) is 0.727. The van der Waals surface area contributed by atoms with Crippen molar-refractivity contribution in [3.8, 4) is 0 Å². The van der Waals surface area contributed by atoms with Crippen LogP contribution in [0.25, 0.3) is 10.9 Å². The molecule has 1 N–H and O–H groups in total. The third kappa shape index (κ3) is 3.57. The quantitative estimate of drug-likeness (QED) is 0.792. The van der Waals surface area contributed by atoms with Gasteiger partial charge >= 0.3 is 0 Å². The van der Waals surface area contributed by atoms with Gasteiger partial charge in [0.2, 0.25) is 5.91 Å². The molecule has 0 saturated carbocycles. The number of rotatable bonds is 4. The number of pyridine rings is 1. The van der Waals surface area contributed by atoms with Crippen molar-refractivity contribution in [1.82, 2.24) is 10.3 Å². The maximum Gasteiger partial charge on any atom is 0.217 e. The lowest BCUT2D eigenvalue weighted by atomic mass is 10.00. The molecule has 1 unspecified atom stereocenters. The molecule has 1 amide bonds. The van der Waals surface area contributed by atoms with Gasteiger partial charge in [-0.2, -0.15) is 0 Å². The lowest BCUT2D eigenvalue weighted by molar-refractivity contribution is -0.119. The van der Waals surface area contributed by atoms with E-state index in [0.717, 1.165) is 23.0 Å². The molecule has 1 aromatic heterocycles. The predicted molar refractivity (Wildman–Crippen MR) is 93.2 cm³/mol. The summed E-state index contributed by atoms with van der Waals surface area (Å²) in [6.45, 7) is 3.63. The molecule has 2 aromatic carbocycles. The minimum absolute atomic E-state index is 0.0430. The van der Waals surface area contributed by atoms with Crippen LogP contribution in [0, 0.1) is 6.92 Å². The maximum atomic E-state index is 11.6. The first-order valence-corrected chi connectivity index (χ1v) is 7.81. The number of fused-ring (bicyclic) bond motifs is 1. The summed E-state index contributed by atoms with van der Waals surface area (Å²) in [5.41, 5.74) is 4.22. The minimum Gasteiger partial charge on any atom is -0.348 e. The van der Waals surface area contributed by atoms with Crippen molar-refractivity contribution in [3.63, 3.8) is 0 Å². The molecule has 0 aliphatic heterocycles. The first-order chi connectivity index (χ1) is 11.1. The van der Waals surface area contributed by atoms with E-state index >= 15 is 0 Å². The molecule has 0 aliphatic rings. The van der Waals surface area contributed by atoms with Crippen molar-refractivity contribution in [3.05, 3.63) is 77.5 Å². The van der Waals surface area contributed by atoms with Gasteiger partial charge in [0.1, 0.15) is 0 Å². The van der Waals surface area contributed by atoms with E-state index in [9.17, 15) is 4.79 Å². The summed E-state index contributed by atoms with van der Waals surface area (Å²) in [6, 6.07) is 20.2. The highest BCUT2D eigenvalue weighted by Crippen LogP contribution is 2.23. The van der Waals surface area contributed by atoms with Gasteiger partial charge in [0.15, 0.2) is 0 Å². The Kier molecular flexibility index (Phi) is 4.38. The van der Waals surface area contributed by atoms with Crippen molar-refractivity contribution in [2.75, 3.05) is 0 Å². The van der Waals surface area contributed by atoms with Gasteiger partial charge in [0.25, 0.3) is 0 Å². The van der Waals surface area contributed by atoms with E-state index in [1.165, 1.54) is 11.1 Å². The lowest BCUT2D eigenvalue weighted by Crippen LogP contribution is -2.28. The van der Waals surface area contributed by atoms with Crippen LogP contribution >= 0.6 is 0 Å². The van der Waals surface area contributed by atoms with Gasteiger partial charge in [-0.25, -0.2) is 0 Å². The number of hydrogen-bond donors (Lipinski definition) is 1. The zero-order valence-electron chi connectivity index (χ0n) is 13.4. The molecule has 1 atom stereocenters. The van der Waals surface area contributed by atoms with Crippen LogP contribution in [0.4, 0.5) is 0 Å². The summed E-state index contributed by atoms with van der Waals surface area (Å²) in [4.78, 5) is 16.4. The fourth-order valence-corrected chi connectivity index (χ4v) is 2.88. The molecular formula is C20H20N2O. The molecule has 0 fully saturated rings. The van der Waals surface area contributed by atoms with Gasteiger partial charge in [-0.3, -0.25) is 9.78 Å². The van der Waals surface area contributed by atoms with E-state index in [2.05, 4.69) is 36.5 Å². The number of amides is 1. The first-order valence-electron chi connectivity index (χ1n) is 7.81. The molecule has 3 nitrogen and oxygen atoms in total. The largest absolute Gasteiger partial charge is 0.348 e. The van der Waals surface area contributed by atoms with Crippen molar-refractivity contribution in [2.24, 2.45) is 0 Å². The standard InChI is InChI=1S/C20H20N2O/c1-14-12-19(22-18-11-7-6-10-17(14)18)20(21-15(2)23)13-16-8-4-3-5-9-16/h3-12,20H,13H2,1-2H3,(H,21,23). The van der Waals surface area contributed by atoms with E-state index < -0.39 is 0 Å². The molecule has 0 saturated heterocycles. The Morgan fingerprint density at radius 3 is 2.52 bits per heavy atom. The van der Waals surface area contributed by atoms with E-state index in [1.807, 2.05) is 36.4 Å². The van der Waals surface area contributed by atoms with Crippen molar-refractivity contribution >= 4 is 16.8 Å². The number of nitrogens with zero attached hydrogens (tertiary/aromatic N) is 1. The van der Waals surface area contributed by atoms with Gasteiger partial charge in [0, 0.05) is 12.3 Å². The van der Waals surface area contributed by atoms with Crippen LogP contribution in [-0.4, -0.2) is 10.9 Å². The molecule has 0 bridgehead atoms. The van der Waals surface area contributed by atoms with Crippen molar-refractivity contribution in [1.29, 1.82) is 0 Å². The molecule has 0 radical (unpaired) electrons. The number of para-hydroxylation sites is 1. The van der Waals surface area contributed by atoms with Gasteiger partial charge in [0.05, 0.1) is 17.3 Å². The smallest absolute Gasteiger partial charge is 0.217 e. The van der Waals surface area contributed by atoms with Crippen LogP contribution in [0.5, 0.6) is 0 Å². The molecule has 0 spiro atoms. The molecule has 3 rings (SSSR count). The predicted octanol–water partition coefficient (Wildman–Crippen LogP) is 3.96. The number of benzene rings is 2. The number of aromatic nitrogens is 1. The second-order valence-electron chi connectivity index (χ2n) is 5.82. The summed E-state index contributed by atoms with van der Waals surface area (Å²) in [5, 5.41) is 4.19. The van der Waals surface area contributed by atoms with Crippen LogP contribution in [-0.2, 0) is 11.2 Å². The minimum atomic E-state index is -0.127. The Morgan fingerprint density at radius 1 is 1.09 bits per heavy atom. The summed E-state index contributed by atoms with van der Waals surface area (Å²) >= 11 is 0. The number of hydrogen-bond acceptors (Lipinski definition) is 2. The highest BCUT2D eigenvalue weighted by molar-refractivity contribution is 5.82. The molecule has 116 valence electrons. The molecule has 23 heavy (non-hydrogen) atoms. The summed E-state index contributed by atoms with van der Waals surface area (Å²) in [7, 11) is 0. The first kappa shape index (κ1) is 15.2. The van der Waals surface area contributed by atoms with E-state index in [4.69, 9.17) is 4.98 Å². The fraction of sp³-hybridized carbons (Fsp3) is 0.200. The zero-order valence-corrected chi connectivity index (χ0v) is 13.4. The Hall–Kier alpha value is -2.68. The third-order valence-electron chi connectivity index (χ3n) is 3.96. The normalized spacial score (nSPS) is 12.1. The number of nitrogens with one attached hydrogen (secondary N) is 1. The fourth-order valence-electron chi connectivity index (χ4n) is 2.88. The van der Waals surface area contributed by atoms with Gasteiger partial charge < -0.3 is 5.32 Å². The molecule has 3 aromatic rings. The van der Waals surface area contributed by atoms with Gasteiger partial charge in [-0.05, 0) is 36.6 Å². The van der Waals surface area contributed by atoms with E-state index in [-0.39, 0.29) is 11.9 Å². The third-order valence-corrected chi connectivity index (χ3v) is 3.96. The average Bonchev–Trinajstić information content (AvgIpc) is 2.55. The molecule has 3 heteroatoms. The van der Waals surface area contributed by atoms with Crippen molar-refractivity contribution < 1.29 is 4.79 Å². The van der Waals surface area contributed by atoms with E-state index in [0.29, 0.717) is 0 Å². The monoisotopic (exact) mass is 304 g/mol. The second-order valence-corrected chi connectivity index (χ2v) is 5.82. The topological polar surface area (TPSA) is 42.0 Å². The van der Waals surface area contributed by atoms with Crippen LogP contribution in [0.15, 0.2) is 60.7 Å². The van der Waals surface area contributed by atoms with Crippen LogP contribution in [0.3, 0.4) is 0 Å². The van der Waals surface area contributed by atoms with Gasteiger partial charge in [-0.15, -0.1) is 0 Å². The zero-order chi connectivity index (χ0) is 16.2. The summed E-state index contributed by atoms with van der Waals surface area (Å²) in [5.74, 6) is -0.0430. The molecule has 0 aliphatic carbocycles. The number of carbonyl (C=O) groups excluding carboxylic acids is 1. The second kappa shape index (κ2) is 6.61. The number of aryl methyl sites for hydroxylation is 1. The Balaban J connectivity index is 2.00. The summed E-state index contributed by atoms with van der Waals surface area (Å²) < 4.78 is 0. The molecule has 1 heterocycles. The SMILES string of the molecule is CC(=O)NC(Cc1ccccc1)c1cc(C)c2ccccc2n1. The van der Waals surface area contributed by atoms with Gasteiger partial charge in [-0.1, -0.05) is 48.5 Å². The maximum absolute atomic E-state index is 11.6. The Morgan fingerprint density at radius 2 is 1.78 bits per heavy atom. The highest BCUT2D eigenvalue weighted by atomic mass is 16.1. The van der Waals surface area contributed by atoms with E-state index in [1.54, 1.807) is 6.92 Å². The number of carbonyl (C=O) groups is 1.